The fourth-order valence-electron chi connectivity index (χ4n) is 1.39. The highest BCUT2D eigenvalue weighted by Crippen LogP contribution is 2.20. The van der Waals surface area contributed by atoms with E-state index in [2.05, 4.69) is 15.9 Å². The average molecular weight is 322 g/mol. The van der Waals surface area contributed by atoms with Crippen LogP contribution in [0.15, 0.2) is 35.0 Å². The summed E-state index contributed by atoms with van der Waals surface area (Å²) in [6, 6.07) is 9.26. The van der Waals surface area contributed by atoms with Crippen LogP contribution in [0, 0.1) is 16.7 Å². The van der Waals surface area contributed by atoms with Gasteiger partial charge in [0.25, 0.3) is 0 Å². The van der Waals surface area contributed by atoms with E-state index < -0.39 is 0 Å². The minimum absolute atomic E-state index is 0.130. The Morgan fingerprint density at radius 3 is 2.42 bits per heavy atom. The fourth-order valence-corrected chi connectivity index (χ4v) is 1.65. The van der Waals surface area contributed by atoms with Crippen molar-refractivity contribution in [3.05, 3.63) is 40.6 Å². The lowest BCUT2D eigenvalue weighted by atomic mass is 9.92. The Bertz CT molecular complexity index is 519. The van der Waals surface area contributed by atoms with Gasteiger partial charge in [-0.1, -0.05) is 48.8 Å². The maximum atomic E-state index is 11.6. The molecule has 0 fully saturated rings. The third kappa shape index (κ3) is 5.71. The van der Waals surface area contributed by atoms with Gasteiger partial charge in [-0.3, -0.25) is 4.79 Å². The van der Waals surface area contributed by atoms with Crippen molar-refractivity contribution in [1.82, 2.24) is 0 Å². The summed E-state index contributed by atoms with van der Waals surface area (Å²) >= 11 is 3.32. The van der Waals surface area contributed by atoms with Crippen molar-refractivity contribution in [3.8, 4) is 6.07 Å². The number of ether oxygens (including phenoxy) is 1. The first kappa shape index (κ1) is 15.5. The summed E-state index contributed by atoms with van der Waals surface area (Å²) in [7, 11) is 0. The first-order valence-corrected chi connectivity index (χ1v) is 6.67. The number of allylic oxidation sites excluding steroid dienone is 1. The molecule has 1 rings (SSSR count). The van der Waals surface area contributed by atoms with Gasteiger partial charge in [0.15, 0.2) is 0 Å². The zero-order chi connectivity index (χ0) is 14.5. The zero-order valence-corrected chi connectivity index (χ0v) is 12.8. The van der Waals surface area contributed by atoms with Gasteiger partial charge in [-0.25, -0.2) is 0 Å². The van der Waals surface area contributed by atoms with Gasteiger partial charge in [-0.2, -0.15) is 5.26 Å². The van der Waals surface area contributed by atoms with Gasteiger partial charge >= 0.3 is 5.97 Å². The van der Waals surface area contributed by atoms with Crippen LogP contribution in [0.2, 0.25) is 0 Å². The Kier molecular flexibility index (Phi) is 5.31. The van der Waals surface area contributed by atoms with Crippen LogP contribution in [0.5, 0.6) is 0 Å². The van der Waals surface area contributed by atoms with Gasteiger partial charge < -0.3 is 4.74 Å². The van der Waals surface area contributed by atoms with E-state index in [1.54, 1.807) is 12.1 Å². The summed E-state index contributed by atoms with van der Waals surface area (Å²) < 4.78 is 5.95. The minimum atomic E-state index is -0.336. The normalized spacial score (nSPS) is 11.8. The van der Waals surface area contributed by atoms with Gasteiger partial charge in [0.1, 0.15) is 12.3 Å². The predicted octanol–water partition coefficient (Wildman–Crippen LogP) is 4.29. The van der Waals surface area contributed by atoms with Gasteiger partial charge in [0, 0.05) is 4.47 Å². The van der Waals surface area contributed by atoms with Crippen LogP contribution in [-0.2, 0) is 9.53 Å². The molecule has 4 heteroatoms. The number of halogens is 1. The van der Waals surface area contributed by atoms with Crippen LogP contribution in [0.25, 0.3) is 5.57 Å². The van der Waals surface area contributed by atoms with Gasteiger partial charge in [-0.05, 0) is 23.1 Å². The van der Waals surface area contributed by atoms with Crippen molar-refractivity contribution < 1.29 is 9.53 Å². The molecule has 0 atom stereocenters. The van der Waals surface area contributed by atoms with E-state index >= 15 is 0 Å². The van der Waals surface area contributed by atoms with Crippen LogP contribution < -0.4 is 0 Å². The van der Waals surface area contributed by atoms with Gasteiger partial charge in [0.2, 0.25) is 0 Å². The van der Waals surface area contributed by atoms with Crippen LogP contribution in [0.3, 0.4) is 0 Å². The topological polar surface area (TPSA) is 50.1 Å². The first-order chi connectivity index (χ1) is 8.81. The SMILES string of the molecule is CC(C)(C)CC(=O)O/C=C(\C#N)c1ccc(Br)cc1. The molecular formula is C15H16BrNO2. The largest absolute Gasteiger partial charge is 0.433 e. The lowest BCUT2D eigenvalue weighted by molar-refractivity contribution is -0.139. The van der Waals surface area contributed by atoms with Gasteiger partial charge in [-0.15, -0.1) is 0 Å². The number of hydrogen-bond acceptors (Lipinski definition) is 3. The number of hydrogen-bond donors (Lipinski definition) is 0. The van der Waals surface area contributed by atoms with Crippen LogP contribution in [0.1, 0.15) is 32.8 Å². The highest BCUT2D eigenvalue weighted by molar-refractivity contribution is 9.10. The minimum Gasteiger partial charge on any atom is -0.433 e. The van der Waals surface area contributed by atoms with E-state index in [-0.39, 0.29) is 11.4 Å². The molecule has 1 aromatic rings. The first-order valence-electron chi connectivity index (χ1n) is 5.87. The number of benzene rings is 1. The van der Waals surface area contributed by atoms with Crippen molar-refractivity contribution in [3.63, 3.8) is 0 Å². The quantitative estimate of drug-likeness (QED) is 0.474. The molecule has 3 nitrogen and oxygen atoms in total. The molecule has 0 aliphatic carbocycles. The van der Waals surface area contributed by atoms with Gasteiger partial charge in [0.05, 0.1) is 12.0 Å². The lowest BCUT2D eigenvalue weighted by Crippen LogP contribution is -2.13. The van der Waals surface area contributed by atoms with Crippen molar-refractivity contribution in [2.45, 2.75) is 27.2 Å². The number of carbonyl (C=O) groups excluding carboxylic acids is 1. The lowest BCUT2D eigenvalue weighted by Gasteiger charge is -2.15. The van der Waals surface area contributed by atoms with Crippen LogP contribution >= 0.6 is 15.9 Å². The second-order valence-electron chi connectivity index (χ2n) is 5.38. The number of nitrogens with zero attached hydrogens (tertiary/aromatic N) is 1. The molecule has 0 aliphatic rings. The van der Waals surface area contributed by atoms with Crippen molar-refractivity contribution in [2.24, 2.45) is 5.41 Å². The van der Waals surface area contributed by atoms with Crippen molar-refractivity contribution in [2.75, 3.05) is 0 Å². The van der Waals surface area contributed by atoms with Crippen molar-refractivity contribution >= 4 is 27.5 Å². The second-order valence-corrected chi connectivity index (χ2v) is 6.29. The standard InChI is InChI=1S/C15H16BrNO2/c1-15(2,3)8-14(18)19-10-12(9-17)11-4-6-13(16)7-5-11/h4-7,10H,8H2,1-3H3/b12-10+. The molecular weight excluding hydrogens is 306 g/mol. The molecule has 0 saturated heterocycles. The van der Waals surface area contributed by atoms with E-state index in [4.69, 9.17) is 10.00 Å². The Morgan fingerprint density at radius 1 is 1.37 bits per heavy atom. The van der Waals surface area contributed by atoms with E-state index in [9.17, 15) is 4.79 Å². The third-order valence-corrected chi connectivity index (χ3v) is 2.79. The molecule has 100 valence electrons. The molecule has 19 heavy (non-hydrogen) atoms. The molecule has 0 saturated carbocycles. The number of nitriles is 1. The van der Waals surface area contributed by atoms with E-state index in [0.29, 0.717) is 17.6 Å². The second kappa shape index (κ2) is 6.53. The van der Waals surface area contributed by atoms with Crippen LogP contribution in [-0.4, -0.2) is 5.97 Å². The molecule has 1 aromatic carbocycles. The smallest absolute Gasteiger partial charge is 0.311 e. The number of carbonyl (C=O) groups is 1. The molecule has 0 amide bonds. The summed E-state index contributed by atoms with van der Waals surface area (Å²) in [4.78, 5) is 11.6. The Balaban J connectivity index is 2.76. The predicted molar refractivity (Wildman–Crippen MR) is 77.9 cm³/mol. The summed E-state index contributed by atoms with van der Waals surface area (Å²) in [5.41, 5.74) is 0.916. The highest BCUT2D eigenvalue weighted by atomic mass is 79.9. The van der Waals surface area contributed by atoms with E-state index in [1.807, 2.05) is 39.0 Å². The van der Waals surface area contributed by atoms with E-state index in [0.717, 1.165) is 4.47 Å². The molecule has 0 spiro atoms. The maximum Gasteiger partial charge on any atom is 0.311 e. The molecule has 0 bridgehead atoms. The molecule has 0 N–H and O–H groups in total. The van der Waals surface area contributed by atoms with E-state index in [1.165, 1.54) is 6.26 Å². The Labute approximate surface area is 122 Å². The summed E-state index contributed by atoms with van der Waals surface area (Å²) in [5.74, 6) is -0.336. The zero-order valence-electron chi connectivity index (χ0n) is 11.2. The molecule has 0 aromatic heterocycles. The number of esters is 1. The highest BCUT2D eigenvalue weighted by Gasteiger charge is 2.16. The monoisotopic (exact) mass is 321 g/mol. The average Bonchev–Trinajstić information content (AvgIpc) is 2.29. The summed E-state index contributed by atoms with van der Waals surface area (Å²) in [6.07, 6.45) is 1.53. The third-order valence-electron chi connectivity index (χ3n) is 2.26. The molecule has 0 heterocycles. The Morgan fingerprint density at radius 2 is 1.95 bits per heavy atom. The maximum absolute atomic E-state index is 11.6. The molecule has 0 aliphatic heterocycles. The molecule has 0 radical (unpaired) electrons. The summed E-state index contributed by atoms with van der Waals surface area (Å²) in [6.45, 7) is 5.87. The van der Waals surface area contributed by atoms with Crippen LogP contribution in [0.4, 0.5) is 0 Å². The Hall–Kier alpha value is -1.60. The fraction of sp³-hybridized carbons (Fsp3) is 0.333. The molecule has 0 unspecified atom stereocenters. The summed E-state index contributed by atoms with van der Waals surface area (Å²) in [5, 5.41) is 9.07. The van der Waals surface area contributed by atoms with Crippen molar-refractivity contribution in [1.29, 1.82) is 5.26 Å². The number of rotatable bonds is 3.